The fourth-order valence-corrected chi connectivity index (χ4v) is 7.92. The van der Waals surface area contributed by atoms with Crippen LogP contribution < -0.4 is 18.5 Å². The van der Waals surface area contributed by atoms with E-state index in [4.69, 9.17) is 25.8 Å². The Bertz CT molecular complexity index is 1880. The lowest BCUT2D eigenvalue weighted by molar-refractivity contribution is -0.153. The molecule has 2 aromatic carbocycles. The zero-order valence-corrected chi connectivity index (χ0v) is 28.0. The molecule has 1 unspecified atom stereocenters. The number of aromatic nitrogens is 1. The third-order valence-corrected chi connectivity index (χ3v) is 10.1. The number of amides is 2. The molecule has 3 heterocycles. The Labute approximate surface area is 279 Å². The summed E-state index contributed by atoms with van der Waals surface area (Å²) in [6.07, 6.45) is -4.59. The van der Waals surface area contributed by atoms with Crippen molar-refractivity contribution in [2.24, 2.45) is 0 Å². The van der Waals surface area contributed by atoms with Crippen molar-refractivity contribution in [2.75, 3.05) is 45.8 Å². The number of anilines is 1. The number of hydrogen-bond acceptors (Lipinski definition) is 10. The van der Waals surface area contributed by atoms with E-state index in [1.54, 1.807) is 13.0 Å². The summed E-state index contributed by atoms with van der Waals surface area (Å²) in [6, 6.07) is 7.51. The first kappa shape index (κ1) is 35.2. The maximum Gasteiger partial charge on any atom is 0.422 e. The SMILES string of the molecule is COc1ccc(S(=O)(=O)N2C(=O)C(c3cc(C)cnc3OC)(N3C[C@H](O)C[C@H]3C(=O)N(C)C)c3cc(Cl)ccc32)c(OCC(F)(F)F)c1. The largest absolute Gasteiger partial charge is 0.497 e. The lowest BCUT2D eigenvalue weighted by atomic mass is 9.81. The van der Waals surface area contributed by atoms with Crippen LogP contribution in [0.3, 0.4) is 0 Å². The number of β-amino-alcohol motifs (C(OH)–C–C–N with tert-alkyl or cyclic N) is 1. The number of aryl methyl sites for hydroxylation is 1. The summed E-state index contributed by atoms with van der Waals surface area (Å²) in [4.78, 5) is 35.2. The normalized spacial score (nSPS) is 21.3. The van der Waals surface area contributed by atoms with Gasteiger partial charge in [0.1, 0.15) is 16.4 Å². The van der Waals surface area contributed by atoms with Gasteiger partial charge in [0.05, 0.1) is 32.1 Å². The van der Waals surface area contributed by atoms with Crippen molar-refractivity contribution < 1.29 is 50.5 Å². The molecule has 1 saturated heterocycles. The molecule has 3 atom stereocenters. The molecule has 0 bridgehead atoms. The number of ether oxygens (including phenoxy) is 3. The first-order valence-corrected chi connectivity index (χ1v) is 16.2. The van der Waals surface area contributed by atoms with Gasteiger partial charge in [-0.1, -0.05) is 11.6 Å². The highest BCUT2D eigenvalue weighted by Crippen LogP contribution is 2.55. The Morgan fingerprint density at radius 3 is 2.46 bits per heavy atom. The number of sulfonamides is 1. The maximum atomic E-state index is 15.3. The van der Waals surface area contributed by atoms with E-state index in [0.717, 1.165) is 12.1 Å². The van der Waals surface area contributed by atoms with E-state index in [1.165, 1.54) is 68.6 Å². The van der Waals surface area contributed by atoms with Gasteiger partial charge >= 0.3 is 6.18 Å². The summed E-state index contributed by atoms with van der Waals surface area (Å²) < 4.78 is 85.1. The molecule has 2 amide bonds. The topological polar surface area (TPSA) is 139 Å². The highest BCUT2D eigenvalue weighted by Gasteiger charge is 2.64. The number of methoxy groups -OCH3 is 2. The molecule has 2 aliphatic heterocycles. The lowest BCUT2D eigenvalue weighted by Gasteiger charge is -2.41. The van der Waals surface area contributed by atoms with Crippen LogP contribution in [0.4, 0.5) is 18.9 Å². The van der Waals surface area contributed by atoms with Crippen LogP contribution >= 0.6 is 11.6 Å². The molecule has 2 aliphatic rings. The van der Waals surface area contributed by atoms with Crippen LogP contribution in [0, 0.1) is 6.92 Å². The number of halogens is 4. The van der Waals surface area contributed by atoms with Crippen LogP contribution in [-0.4, -0.2) is 99.9 Å². The molecule has 1 N–H and O–H groups in total. The third-order valence-electron chi connectivity index (χ3n) is 8.13. The van der Waals surface area contributed by atoms with Gasteiger partial charge in [-0.3, -0.25) is 14.5 Å². The highest BCUT2D eigenvalue weighted by molar-refractivity contribution is 7.93. The third kappa shape index (κ3) is 5.90. The number of rotatable bonds is 9. The highest BCUT2D eigenvalue weighted by atomic mass is 35.5. The molecule has 0 radical (unpaired) electrons. The van der Waals surface area contributed by atoms with Crippen LogP contribution in [0.15, 0.2) is 53.6 Å². The number of nitrogens with zero attached hydrogens (tertiary/aromatic N) is 4. The minimum atomic E-state index is -5.10. The van der Waals surface area contributed by atoms with E-state index in [-0.39, 0.29) is 46.4 Å². The summed E-state index contributed by atoms with van der Waals surface area (Å²) >= 11 is 6.49. The van der Waals surface area contributed by atoms with Gasteiger partial charge in [-0.15, -0.1) is 0 Å². The molecule has 0 aliphatic carbocycles. The van der Waals surface area contributed by atoms with Gasteiger partial charge in [0.2, 0.25) is 11.8 Å². The van der Waals surface area contributed by atoms with E-state index in [0.29, 0.717) is 9.87 Å². The molecule has 258 valence electrons. The number of aliphatic hydroxyl groups excluding tert-OH is 1. The molecule has 5 rings (SSSR count). The number of alkyl halides is 3. The second-order valence-electron chi connectivity index (χ2n) is 11.5. The molecule has 1 aromatic heterocycles. The summed E-state index contributed by atoms with van der Waals surface area (Å²) in [5.41, 5.74) is -1.82. The molecule has 3 aromatic rings. The molecule has 0 spiro atoms. The quantitative estimate of drug-likeness (QED) is 0.351. The first-order chi connectivity index (χ1) is 22.5. The fourth-order valence-electron chi connectivity index (χ4n) is 6.17. The molecule has 1 fully saturated rings. The van der Waals surface area contributed by atoms with E-state index in [9.17, 15) is 31.5 Å². The van der Waals surface area contributed by atoms with Gasteiger partial charge in [0.25, 0.3) is 15.9 Å². The Morgan fingerprint density at radius 2 is 1.83 bits per heavy atom. The van der Waals surface area contributed by atoms with Gasteiger partial charge in [-0.2, -0.15) is 13.2 Å². The zero-order chi connectivity index (χ0) is 35.3. The second kappa shape index (κ2) is 12.7. The molecular formula is C31H32ClF3N4O8S. The van der Waals surface area contributed by atoms with E-state index in [1.807, 2.05) is 0 Å². The first-order valence-electron chi connectivity index (χ1n) is 14.4. The number of carbonyl (C=O) groups is 2. The number of fused-ring (bicyclic) bond motifs is 1. The van der Waals surface area contributed by atoms with Crippen molar-refractivity contribution in [3.8, 4) is 17.4 Å². The van der Waals surface area contributed by atoms with Crippen LogP contribution in [0.25, 0.3) is 0 Å². The minimum absolute atomic E-state index is 0.00574. The maximum absolute atomic E-state index is 15.3. The number of carbonyl (C=O) groups excluding carboxylic acids is 2. The second-order valence-corrected chi connectivity index (χ2v) is 13.7. The summed E-state index contributed by atoms with van der Waals surface area (Å²) in [6.45, 7) is -0.423. The Kier molecular flexibility index (Phi) is 9.33. The van der Waals surface area contributed by atoms with Gasteiger partial charge < -0.3 is 24.2 Å². The van der Waals surface area contributed by atoms with Gasteiger partial charge in [-0.25, -0.2) is 17.7 Å². The average molecular weight is 713 g/mol. The Hall–Kier alpha value is -4.12. The summed E-state index contributed by atoms with van der Waals surface area (Å²) in [5, 5.41) is 11.1. The smallest absolute Gasteiger partial charge is 0.422 e. The van der Waals surface area contributed by atoms with Crippen LogP contribution in [-0.2, 0) is 25.2 Å². The van der Waals surface area contributed by atoms with Crippen molar-refractivity contribution in [3.05, 3.63) is 70.4 Å². The van der Waals surface area contributed by atoms with Crippen LogP contribution in [0.5, 0.6) is 17.4 Å². The summed E-state index contributed by atoms with van der Waals surface area (Å²) in [5.74, 6) is -2.45. The minimum Gasteiger partial charge on any atom is -0.497 e. The number of likely N-dealkylation sites (N-methyl/N-ethyl adjacent to an activating group) is 1. The van der Waals surface area contributed by atoms with Crippen LogP contribution in [0.2, 0.25) is 5.02 Å². The zero-order valence-electron chi connectivity index (χ0n) is 26.4. The average Bonchev–Trinajstić information content (AvgIpc) is 3.53. The Balaban J connectivity index is 1.84. The molecule has 17 heteroatoms. The standard InChI is InChI=1S/C31H32ClF3N4O8S/c1-17-10-22(27(46-5)36-14-17)31(38-15-19(40)12-24(38)28(41)37(2)3)21-11-18(32)6-8-23(21)39(29(31)42)48(43,44)26-9-7-20(45-4)13-25(26)47-16-30(33,34)35/h6-11,13-14,19,24,40H,12,15-16H2,1-5H3/t19-,24+,31?/m1/s1. The fraction of sp³-hybridized carbons (Fsp3) is 0.387. The molecule has 12 nitrogen and oxygen atoms in total. The lowest BCUT2D eigenvalue weighted by Crippen LogP contribution is -2.59. The van der Waals surface area contributed by atoms with Crippen molar-refractivity contribution >= 4 is 39.1 Å². The number of hydrogen-bond donors (Lipinski definition) is 1. The summed E-state index contributed by atoms with van der Waals surface area (Å²) in [7, 11) is 0.425. The predicted molar refractivity (Wildman–Crippen MR) is 167 cm³/mol. The van der Waals surface area contributed by atoms with Gasteiger partial charge in [0.15, 0.2) is 12.1 Å². The number of benzene rings is 2. The monoisotopic (exact) mass is 712 g/mol. The molecular weight excluding hydrogens is 681 g/mol. The molecule has 0 saturated carbocycles. The van der Waals surface area contributed by atoms with E-state index in [2.05, 4.69) is 4.98 Å². The molecule has 48 heavy (non-hydrogen) atoms. The van der Waals surface area contributed by atoms with Crippen LogP contribution in [0.1, 0.15) is 23.1 Å². The predicted octanol–water partition coefficient (Wildman–Crippen LogP) is 3.50. The van der Waals surface area contributed by atoms with Crippen molar-refractivity contribution in [3.63, 3.8) is 0 Å². The van der Waals surface area contributed by atoms with Gasteiger partial charge in [-0.05, 0) is 55.3 Å². The Morgan fingerprint density at radius 1 is 1.12 bits per heavy atom. The number of aliphatic hydroxyl groups is 1. The number of likely N-dealkylation sites (tertiary alicyclic amines) is 1. The van der Waals surface area contributed by atoms with Crippen molar-refractivity contribution in [2.45, 2.75) is 42.1 Å². The van der Waals surface area contributed by atoms with Crippen molar-refractivity contribution in [1.82, 2.24) is 14.8 Å². The van der Waals surface area contributed by atoms with E-state index < -0.39 is 63.0 Å². The van der Waals surface area contributed by atoms with E-state index >= 15 is 4.79 Å². The van der Waals surface area contributed by atoms with Crippen molar-refractivity contribution in [1.29, 1.82) is 0 Å². The number of pyridine rings is 1. The van der Waals surface area contributed by atoms with Gasteiger partial charge in [0, 0.05) is 49.1 Å².